The molecule has 0 spiro atoms. The molecule has 0 aromatic carbocycles. The van der Waals surface area contributed by atoms with Gasteiger partial charge in [-0.05, 0) is 29.8 Å². The maximum atomic E-state index is 5.15. The second kappa shape index (κ2) is 6.76. The molecule has 1 aromatic rings. The van der Waals surface area contributed by atoms with Gasteiger partial charge in [0.15, 0.2) is 0 Å². The Balaban J connectivity index is 2.93. The quantitative estimate of drug-likeness (QED) is 0.872. The predicted molar refractivity (Wildman–Crippen MR) is 73.6 cm³/mol. The number of nitrogens with zero attached hydrogens (tertiary/aromatic N) is 3. The van der Waals surface area contributed by atoms with Gasteiger partial charge in [0.25, 0.3) is 0 Å². The van der Waals surface area contributed by atoms with Crippen LogP contribution in [0.5, 0.6) is 0 Å². The summed E-state index contributed by atoms with van der Waals surface area (Å²) in [4.78, 5) is 10.6. The zero-order valence-electron chi connectivity index (χ0n) is 10.7. The Kier molecular flexibility index (Phi) is 5.64. The lowest BCUT2D eigenvalue weighted by molar-refractivity contribution is 0.183. The lowest BCUT2D eigenvalue weighted by Crippen LogP contribution is -2.33. The molecule has 0 saturated heterocycles. The van der Waals surface area contributed by atoms with Crippen LogP contribution >= 0.6 is 15.9 Å². The molecular formula is C11H19BrN4O. The number of aromatic nitrogens is 2. The van der Waals surface area contributed by atoms with Crippen molar-refractivity contribution in [2.75, 3.05) is 37.5 Å². The maximum Gasteiger partial charge on any atom is 0.148 e. The van der Waals surface area contributed by atoms with Crippen molar-refractivity contribution in [3.8, 4) is 0 Å². The van der Waals surface area contributed by atoms with E-state index in [1.54, 1.807) is 13.4 Å². The first-order chi connectivity index (χ1) is 8.11. The molecule has 1 N–H and O–H groups in total. The zero-order valence-corrected chi connectivity index (χ0v) is 12.3. The monoisotopic (exact) mass is 302 g/mol. The van der Waals surface area contributed by atoms with Crippen LogP contribution in [0.25, 0.3) is 0 Å². The Labute approximate surface area is 111 Å². The number of halogens is 1. The molecule has 1 unspecified atom stereocenters. The maximum absolute atomic E-state index is 5.15. The zero-order chi connectivity index (χ0) is 12.8. The van der Waals surface area contributed by atoms with Gasteiger partial charge < -0.3 is 15.0 Å². The van der Waals surface area contributed by atoms with E-state index in [9.17, 15) is 0 Å². The molecule has 1 heterocycles. The van der Waals surface area contributed by atoms with Gasteiger partial charge in [0.1, 0.15) is 22.4 Å². The van der Waals surface area contributed by atoms with Crippen LogP contribution in [0, 0.1) is 0 Å². The van der Waals surface area contributed by atoms with Crippen LogP contribution in [-0.4, -0.2) is 43.3 Å². The van der Waals surface area contributed by atoms with E-state index in [-0.39, 0.29) is 6.04 Å². The fourth-order valence-corrected chi connectivity index (χ4v) is 2.08. The molecule has 0 radical (unpaired) electrons. The number of hydrogen-bond donors (Lipinski definition) is 1. The SMILES string of the molecule is CCNc1ncnc(N(C)C(C)COC)c1Br. The largest absolute Gasteiger partial charge is 0.383 e. The van der Waals surface area contributed by atoms with Crippen LogP contribution < -0.4 is 10.2 Å². The Morgan fingerprint density at radius 3 is 2.82 bits per heavy atom. The van der Waals surface area contributed by atoms with E-state index in [1.807, 2.05) is 14.0 Å². The Bertz CT molecular complexity index is 361. The smallest absolute Gasteiger partial charge is 0.148 e. The van der Waals surface area contributed by atoms with Gasteiger partial charge in [0, 0.05) is 20.7 Å². The lowest BCUT2D eigenvalue weighted by atomic mass is 10.3. The van der Waals surface area contributed by atoms with Crippen LogP contribution in [0.2, 0.25) is 0 Å². The lowest BCUT2D eigenvalue weighted by Gasteiger charge is -2.26. The molecule has 6 heteroatoms. The van der Waals surface area contributed by atoms with E-state index in [0.717, 1.165) is 22.7 Å². The summed E-state index contributed by atoms with van der Waals surface area (Å²) < 4.78 is 6.03. The summed E-state index contributed by atoms with van der Waals surface area (Å²) >= 11 is 3.53. The van der Waals surface area contributed by atoms with Crippen molar-refractivity contribution < 1.29 is 4.74 Å². The van der Waals surface area contributed by atoms with E-state index in [2.05, 4.69) is 43.0 Å². The third-order valence-corrected chi connectivity index (χ3v) is 3.25. The number of likely N-dealkylation sites (N-methyl/N-ethyl adjacent to an activating group) is 1. The molecule has 0 saturated carbocycles. The predicted octanol–water partition coefficient (Wildman–Crippen LogP) is 2.14. The second-order valence-corrected chi connectivity index (χ2v) is 4.60. The average molecular weight is 303 g/mol. The first kappa shape index (κ1) is 14.2. The third-order valence-electron chi connectivity index (χ3n) is 2.52. The van der Waals surface area contributed by atoms with E-state index in [0.29, 0.717) is 6.61 Å². The summed E-state index contributed by atoms with van der Waals surface area (Å²) in [6.45, 7) is 5.60. The molecule has 0 amide bonds. The minimum absolute atomic E-state index is 0.251. The van der Waals surface area contributed by atoms with Crippen molar-refractivity contribution in [1.82, 2.24) is 9.97 Å². The van der Waals surface area contributed by atoms with E-state index in [4.69, 9.17) is 4.74 Å². The summed E-state index contributed by atoms with van der Waals surface area (Å²) in [5, 5.41) is 3.19. The van der Waals surface area contributed by atoms with Crippen LogP contribution in [0.3, 0.4) is 0 Å². The molecular weight excluding hydrogens is 284 g/mol. The van der Waals surface area contributed by atoms with Crippen molar-refractivity contribution in [2.24, 2.45) is 0 Å². The van der Waals surface area contributed by atoms with Gasteiger partial charge in [-0.1, -0.05) is 0 Å². The minimum atomic E-state index is 0.251. The molecule has 1 atom stereocenters. The highest BCUT2D eigenvalue weighted by Gasteiger charge is 2.16. The van der Waals surface area contributed by atoms with Crippen molar-refractivity contribution >= 4 is 27.6 Å². The molecule has 0 bridgehead atoms. The normalized spacial score (nSPS) is 12.3. The van der Waals surface area contributed by atoms with E-state index >= 15 is 0 Å². The van der Waals surface area contributed by atoms with Crippen molar-refractivity contribution in [3.05, 3.63) is 10.8 Å². The Morgan fingerprint density at radius 2 is 2.24 bits per heavy atom. The van der Waals surface area contributed by atoms with Crippen LogP contribution in [0.1, 0.15) is 13.8 Å². The summed E-state index contributed by atoms with van der Waals surface area (Å²) in [5.74, 6) is 1.68. The molecule has 0 aliphatic heterocycles. The molecule has 17 heavy (non-hydrogen) atoms. The van der Waals surface area contributed by atoms with Crippen LogP contribution in [0.15, 0.2) is 10.8 Å². The fraction of sp³-hybridized carbons (Fsp3) is 0.636. The first-order valence-corrected chi connectivity index (χ1v) is 6.37. The number of rotatable bonds is 6. The summed E-state index contributed by atoms with van der Waals surface area (Å²) in [5.41, 5.74) is 0. The standard InChI is InChI=1S/C11H19BrN4O/c1-5-13-10-9(12)11(15-7-14-10)16(3)8(2)6-17-4/h7-8H,5-6H2,1-4H3,(H,13,14,15). The average Bonchev–Trinajstić information content (AvgIpc) is 2.31. The first-order valence-electron chi connectivity index (χ1n) is 5.57. The highest BCUT2D eigenvalue weighted by atomic mass is 79.9. The molecule has 96 valence electrons. The van der Waals surface area contributed by atoms with Crippen molar-refractivity contribution in [1.29, 1.82) is 0 Å². The highest BCUT2D eigenvalue weighted by Crippen LogP contribution is 2.29. The van der Waals surface area contributed by atoms with E-state index < -0.39 is 0 Å². The molecule has 0 aliphatic carbocycles. The number of methoxy groups -OCH3 is 1. The number of anilines is 2. The Hall–Kier alpha value is -0.880. The van der Waals surface area contributed by atoms with Gasteiger partial charge in [-0.15, -0.1) is 0 Å². The van der Waals surface area contributed by atoms with Gasteiger partial charge in [-0.3, -0.25) is 0 Å². The summed E-state index contributed by atoms with van der Waals surface area (Å²) in [6, 6.07) is 0.251. The van der Waals surface area contributed by atoms with E-state index in [1.165, 1.54) is 0 Å². The molecule has 1 rings (SSSR count). The van der Waals surface area contributed by atoms with Gasteiger partial charge >= 0.3 is 0 Å². The third kappa shape index (κ3) is 3.54. The fourth-order valence-electron chi connectivity index (χ4n) is 1.46. The second-order valence-electron chi connectivity index (χ2n) is 3.81. The van der Waals surface area contributed by atoms with Crippen LogP contribution in [-0.2, 0) is 4.74 Å². The molecule has 5 nitrogen and oxygen atoms in total. The number of ether oxygens (including phenoxy) is 1. The Morgan fingerprint density at radius 1 is 1.53 bits per heavy atom. The molecule has 0 aliphatic rings. The minimum Gasteiger partial charge on any atom is -0.383 e. The number of nitrogens with one attached hydrogen (secondary N) is 1. The summed E-state index contributed by atoms with van der Waals surface area (Å²) in [7, 11) is 3.69. The van der Waals surface area contributed by atoms with Crippen molar-refractivity contribution in [2.45, 2.75) is 19.9 Å². The topological polar surface area (TPSA) is 50.3 Å². The van der Waals surface area contributed by atoms with Gasteiger partial charge in [0.05, 0.1) is 12.6 Å². The van der Waals surface area contributed by atoms with Gasteiger partial charge in [-0.2, -0.15) is 0 Å². The summed E-state index contributed by atoms with van der Waals surface area (Å²) in [6.07, 6.45) is 1.56. The van der Waals surface area contributed by atoms with Gasteiger partial charge in [0.2, 0.25) is 0 Å². The van der Waals surface area contributed by atoms with Crippen molar-refractivity contribution in [3.63, 3.8) is 0 Å². The van der Waals surface area contributed by atoms with Crippen LogP contribution in [0.4, 0.5) is 11.6 Å². The highest BCUT2D eigenvalue weighted by molar-refractivity contribution is 9.10. The molecule has 1 aromatic heterocycles. The molecule has 0 fully saturated rings. The van der Waals surface area contributed by atoms with Gasteiger partial charge in [-0.25, -0.2) is 9.97 Å². The number of hydrogen-bond acceptors (Lipinski definition) is 5.